The van der Waals surface area contributed by atoms with Crippen molar-refractivity contribution >= 4 is 56.8 Å². The van der Waals surface area contributed by atoms with Gasteiger partial charge < -0.3 is 50.0 Å². The van der Waals surface area contributed by atoms with Crippen molar-refractivity contribution in [1.29, 1.82) is 0 Å². The third-order valence-electron chi connectivity index (χ3n) is 16.8. The normalized spacial score (nSPS) is 20.0. The molecule has 2 amide bonds. The Hall–Kier alpha value is -7.86. The molecule has 0 bridgehead atoms. The Morgan fingerprint density at radius 1 is 0.605 bits per heavy atom. The summed E-state index contributed by atoms with van der Waals surface area (Å²) < 4.78 is 7.81. The van der Waals surface area contributed by atoms with Gasteiger partial charge in [-0.2, -0.15) is 19.2 Å². The fourth-order valence-corrected chi connectivity index (χ4v) is 11.3. The van der Waals surface area contributed by atoms with Crippen LogP contribution in [0, 0.1) is 0 Å². The summed E-state index contributed by atoms with van der Waals surface area (Å²) in [6, 6.07) is 21.9. The summed E-state index contributed by atoms with van der Waals surface area (Å²) in [6.45, 7) is 12.8. The maximum Gasteiger partial charge on any atom is 0.257 e. The third-order valence-corrected chi connectivity index (χ3v) is 16.8. The van der Waals surface area contributed by atoms with E-state index in [1.54, 1.807) is 15.2 Å². The first-order chi connectivity index (χ1) is 39.5. The molecule has 1 aromatic carbocycles. The highest BCUT2D eigenvalue weighted by molar-refractivity contribution is 6.02. The fourth-order valence-electron chi connectivity index (χ4n) is 11.3. The lowest BCUT2D eigenvalue weighted by atomic mass is 9.89. The van der Waals surface area contributed by atoms with E-state index in [4.69, 9.17) is 15.0 Å². The highest BCUT2D eigenvalue weighted by Crippen LogP contribution is 2.34. The molecule has 2 saturated heterocycles. The standard InChI is InChI=1S/C33H39N9O2.C26H33N9O2/c1-38-13-15-40(16-14-38)17-18-41-22-26(24-9-6-12-34-31(24)41)28-19-30(39(2)21-23-7-4-3-5-8-23)42-32(36-28)25(20-35-42)33(44)37-27-10-11-29(27)43;1-27-23-14-21(30-25-18(15-29-35(23)25)26(37)31-20-5-6-22(20)36)19-16-34(24-17(19)4-3-7-28-24)13-12-33-10-8-32(2)9-11-33/h3-9,12,19-20,22,27,29,43H,10-11,13-18,21H2,1-2H3,(H,37,44);3-4,7,14-16,20,22,27,36H,5-6,8-13H2,1-2H3,(H,31,37)/t27?,29-;20?,22-/m11/s1. The highest BCUT2D eigenvalue weighted by Gasteiger charge is 2.33. The Morgan fingerprint density at radius 3 is 1.58 bits per heavy atom. The Kier molecular flexibility index (Phi) is 15.5. The number of aromatic nitrogens is 10. The maximum absolute atomic E-state index is 13.4. The first-order valence-electron chi connectivity index (χ1n) is 28.3. The van der Waals surface area contributed by atoms with Gasteiger partial charge in [-0.1, -0.05) is 30.3 Å². The van der Waals surface area contributed by atoms with Crippen LogP contribution in [-0.4, -0.2) is 208 Å². The number of aliphatic hydroxyl groups is 2. The number of carbonyl (C=O) groups excluding carboxylic acids is 2. The molecular weight excluding hydrogens is 1020 g/mol. The van der Waals surface area contributed by atoms with Crippen LogP contribution in [0.1, 0.15) is 52.0 Å². The minimum atomic E-state index is -0.513. The predicted molar refractivity (Wildman–Crippen MR) is 312 cm³/mol. The van der Waals surface area contributed by atoms with Gasteiger partial charge in [0, 0.05) is 158 Å². The van der Waals surface area contributed by atoms with Crippen LogP contribution >= 0.6 is 0 Å². The second-order valence-corrected chi connectivity index (χ2v) is 22.2. The molecule has 8 aromatic heterocycles. The van der Waals surface area contributed by atoms with Crippen LogP contribution in [0.2, 0.25) is 0 Å². The second-order valence-electron chi connectivity index (χ2n) is 22.2. The van der Waals surface area contributed by atoms with Crippen molar-refractivity contribution in [2.24, 2.45) is 0 Å². The summed E-state index contributed by atoms with van der Waals surface area (Å²) in [6.07, 6.45) is 13.0. The van der Waals surface area contributed by atoms with E-state index < -0.39 is 12.2 Å². The summed E-state index contributed by atoms with van der Waals surface area (Å²) in [4.78, 5) is 57.7. The fraction of sp³-hybridized carbons (Fsp3) is 0.424. The molecule has 22 nitrogen and oxygen atoms in total. The van der Waals surface area contributed by atoms with E-state index >= 15 is 0 Å². The van der Waals surface area contributed by atoms with E-state index in [1.165, 1.54) is 6.20 Å². The van der Waals surface area contributed by atoms with Crippen LogP contribution in [0.3, 0.4) is 0 Å². The Labute approximate surface area is 470 Å². The molecule has 2 aliphatic heterocycles. The number of hydrogen-bond donors (Lipinski definition) is 5. The number of hydrogen-bond acceptors (Lipinski definition) is 16. The van der Waals surface area contributed by atoms with Crippen molar-refractivity contribution in [3.05, 3.63) is 121 Å². The summed E-state index contributed by atoms with van der Waals surface area (Å²) in [5, 5.41) is 40.1. The highest BCUT2D eigenvalue weighted by atomic mass is 16.3. The number of anilines is 2. The minimum absolute atomic E-state index is 0.223. The molecule has 422 valence electrons. The number of carbonyl (C=O) groups is 2. The SMILES string of the molecule is CN1CCN(CCn2cc(-c3cc(N(C)Cc4ccccc4)n4ncc(C(=O)NC5CC[C@H]5O)c4n3)c3cccnc32)CC1.CNc1cc(-c2cn(CCN3CCN(C)CC3)c3ncccc23)nc2c(C(=O)NC3CC[C@H]3O)cnn12. The van der Waals surface area contributed by atoms with Gasteiger partial charge in [0.1, 0.15) is 34.1 Å². The zero-order chi connectivity index (χ0) is 55.7. The maximum atomic E-state index is 13.4. The van der Waals surface area contributed by atoms with Crippen molar-refractivity contribution in [1.82, 2.24) is 78.5 Å². The van der Waals surface area contributed by atoms with Crippen LogP contribution in [-0.2, 0) is 19.6 Å². The summed E-state index contributed by atoms with van der Waals surface area (Å²) >= 11 is 0. The molecule has 2 saturated carbocycles. The lowest BCUT2D eigenvalue weighted by Crippen LogP contribution is -2.50. The molecule has 4 fully saturated rings. The van der Waals surface area contributed by atoms with Crippen LogP contribution < -0.4 is 20.9 Å². The number of pyridine rings is 2. The van der Waals surface area contributed by atoms with Gasteiger partial charge in [-0.3, -0.25) is 19.4 Å². The Bertz CT molecular complexity index is 3690. The number of nitrogens with zero attached hydrogens (tertiary/aromatic N) is 15. The number of amides is 2. The van der Waals surface area contributed by atoms with E-state index in [-0.39, 0.29) is 23.9 Å². The van der Waals surface area contributed by atoms with Crippen LogP contribution in [0.25, 0.3) is 55.9 Å². The molecule has 5 N–H and O–H groups in total. The second kappa shape index (κ2) is 23.3. The van der Waals surface area contributed by atoms with Gasteiger partial charge in [0.15, 0.2) is 11.3 Å². The number of likely N-dealkylation sites (N-methyl/N-ethyl adjacent to an activating group) is 2. The molecule has 81 heavy (non-hydrogen) atoms. The molecule has 22 heteroatoms. The van der Waals surface area contributed by atoms with Crippen molar-refractivity contribution in [3.8, 4) is 22.5 Å². The molecule has 4 atom stereocenters. The van der Waals surface area contributed by atoms with Gasteiger partial charge in [0.25, 0.3) is 11.8 Å². The van der Waals surface area contributed by atoms with Crippen molar-refractivity contribution in [2.45, 2.75) is 69.6 Å². The van der Waals surface area contributed by atoms with Crippen molar-refractivity contribution in [3.63, 3.8) is 0 Å². The van der Waals surface area contributed by atoms with E-state index in [2.05, 4.69) is 116 Å². The smallest absolute Gasteiger partial charge is 0.257 e. The number of fused-ring (bicyclic) bond motifs is 4. The molecule has 0 spiro atoms. The van der Waals surface area contributed by atoms with Crippen molar-refractivity contribution < 1.29 is 19.8 Å². The molecule has 4 aliphatic rings. The minimum Gasteiger partial charge on any atom is -0.391 e. The lowest BCUT2D eigenvalue weighted by molar-refractivity contribution is 0.0448. The van der Waals surface area contributed by atoms with Gasteiger partial charge >= 0.3 is 0 Å². The number of nitrogens with one attached hydrogen (secondary N) is 3. The Balaban J connectivity index is 0.000000163. The lowest BCUT2D eigenvalue weighted by Gasteiger charge is -2.32. The van der Waals surface area contributed by atoms with Gasteiger partial charge in [0.2, 0.25) is 0 Å². The van der Waals surface area contributed by atoms with E-state index in [0.717, 1.165) is 153 Å². The molecule has 13 rings (SSSR count). The average molecular weight is 1100 g/mol. The molecular formula is C59H72N18O4. The third kappa shape index (κ3) is 11.2. The van der Waals surface area contributed by atoms with E-state index in [1.807, 2.05) is 69.0 Å². The largest absolute Gasteiger partial charge is 0.391 e. The first kappa shape index (κ1) is 53.8. The van der Waals surface area contributed by atoms with E-state index in [0.29, 0.717) is 41.8 Å². The van der Waals surface area contributed by atoms with E-state index in [9.17, 15) is 19.8 Å². The summed E-state index contributed by atoms with van der Waals surface area (Å²) in [5.74, 6) is 0.992. The topological polar surface area (TPSA) is 223 Å². The Morgan fingerprint density at radius 2 is 1.10 bits per heavy atom. The molecule has 10 heterocycles. The number of piperazine rings is 2. The van der Waals surface area contributed by atoms with Gasteiger partial charge in [-0.15, -0.1) is 0 Å². The monoisotopic (exact) mass is 1100 g/mol. The number of rotatable bonds is 16. The zero-order valence-corrected chi connectivity index (χ0v) is 46.6. The average Bonchev–Trinajstić information content (AvgIpc) is 4.51. The van der Waals surface area contributed by atoms with Crippen LogP contribution in [0.4, 0.5) is 11.6 Å². The van der Waals surface area contributed by atoms with Gasteiger partial charge in [-0.05, 0) is 69.6 Å². The molecule has 0 radical (unpaired) electrons. The quantitative estimate of drug-likeness (QED) is 0.0916. The van der Waals surface area contributed by atoms with Gasteiger partial charge in [-0.25, -0.2) is 19.9 Å². The van der Waals surface area contributed by atoms with Crippen LogP contribution in [0.15, 0.2) is 104 Å². The number of benzene rings is 1. The first-order valence-corrected chi connectivity index (χ1v) is 28.3. The van der Waals surface area contributed by atoms with Gasteiger partial charge in [0.05, 0.1) is 48.1 Å². The molecule has 9 aromatic rings. The summed E-state index contributed by atoms with van der Waals surface area (Å²) in [7, 11) is 8.20. The molecule has 2 unspecified atom stereocenters. The number of aliphatic hydroxyl groups excluding tert-OH is 2. The van der Waals surface area contributed by atoms with Crippen LogP contribution in [0.5, 0.6) is 0 Å². The summed E-state index contributed by atoms with van der Waals surface area (Å²) in [5.41, 5.74) is 8.14. The van der Waals surface area contributed by atoms with Crippen molar-refractivity contribution in [2.75, 3.05) is 104 Å². The molecule has 2 aliphatic carbocycles. The predicted octanol–water partition coefficient (Wildman–Crippen LogP) is 4.17. The zero-order valence-electron chi connectivity index (χ0n) is 46.6.